The number of benzene rings is 2. The van der Waals surface area contributed by atoms with Crippen LogP contribution in [0.3, 0.4) is 0 Å². The number of aliphatic hydroxyl groups is 1. The molecule has 0 aromatic heterocycles. The van der Waals surface area contributed by atoms with Gasteiger partial charge in [-0.25, -0.2) is 4.79 Å². The van der Waals surface area contributed by atoms with E-state index in [0.717, 1.165) is 28.5 Å². The minimum absolute atomic E-state index is 0.0199. The molecule has 1 heterocycles. The molecule has 0 unspecified atom stereocenters. The Balaban J connectivity index is 2.02. The summed E-state index contributed by atoms with van der Waals surface area (Å²) in [5, 5.41) is 12.8. The number of esters is 1. The molecule has 0 aliphatic carbocycles. The Morgan fingerprint density at radius 1 is 1.26 bits per heavy atom. The average Bonchev–Trinajstić information content (AvgIpc) is 2.55. The first-order chi connectivity index (χ1) is 11.1. The van der Waals surface area contributed by atoms with Gasteiger partial charge in [0.15, 0.2) is 11.5 Å². The minimum atomic E-state index is -0.482. The molecule has 3 rings (SSSR count). The van der Waals surface area contributed by atoms with E-state index in [0.29, 0.717) is 12.2 Å². The largest absolute Gasteiger partial charge is 0.505 e. The van der Waals surface area contributed by atoms with Crippen molar-refractivity contribution in [1.29, 1.82) is 0 Å². The Hall–Kier alpha value is -2.14. The molecule has 0 radical (unpaired) electrons. The molecule has 0 fully saturated rings. The van der Waals surface area contributed by atoms with Crippen molar-refractivity contribution in [2.24, 2.45) is 0 Å². The topological polar surface area (TPSA) is 49.8 Å². The second-order valence-corrected chi connectivity index (χ2v) is 6.58. The lowest BCUT2D eigenvalue weighted by molar-refractivity contribution is -0.140. The number of carbonyl (C=O) groups is 1. The summed E-state index contributed by atoms with van der Waals surface area (Å²) in [6, 6.07) is 11.8. The van der Waals surface area contributed by atoms with Crippen molar-refractivity contribution < 1.29 is 14.6 Å². The van der Waals surface area contributed by atoms with Crippen molar-refractivity contribution in [2.45, 2.75) is 24.7 Å². The normalized spacial score (nSPS) is 14.1. The van der Waals surface area contributed by atoms with Gasteiger partial charge in [0.05, 0.1) is 6.61 Å². The minimum Gasteiger partial charge on any atom is -0.505 e. The molecule has 0 bridgehead atoms. The van der Waals surface area contributed by atoms with E-state index in [1.165, 1.54) is 11.9 Å². The molecule has 5 heteroatoms. The van der Waals surface area contributed by atoms with E-state index in [9.17, 15) is 9.90 Å². The van der Waals surface area contributed by atoms with Crippen LogP contribution in [0.5, 0.6) is 0 Å². The van der Waals surface area contributed by atoms with Gasteiger partial charge in [0.2, 0.25) is 0 Å². The number of ether oxygens (including phenoxy) is 1. The third-order valence-electron chi connectivity index (χ3n) is 3.83. The Labute approximate surface area is 139 Å². The monoisotopic (exact) mass is 329 g/mol. The lowest BCUT2D eigenvalue weighted by Gasteiger charge is -2.28. The molecule has 0 atom stereocenters. The number of unbranched alkanes of at least 4 members (excludes halogenated alkanes) is 1. The third kappa shape index (κ3) is 2.88. The van der Waals surface area contributed by atoms with E-state index in [4.69, 9.17) is 4.74 Å². The smallest absolute Gasteiger partial charge is 0.359 e. The van der Waals surface area contributed by atoms with Gasteiger partial charge >= 0.3 is 5.97 Å². The van der Waals surface area contributed by atoms with Gasteiger partial charge in [0, 0.05) is 17.5 Å². The summed E-state index contributed by atoms with van der Waals surface area (Å²) in [7, 11) is 1.77. The molecule has 120 valence electrons. The summed E-state index contributed by atoms with van der Waals surface area (Å²) in [5.74, 6) is -0.502. The van der Waals surface area contributed by atoms with Crippen LogP contribution in [0.2, 0.25) is 0 Å². The predicted molar refractivity (Wildman–Crippen MR) is 93.0 cm³/mol. The third-order valence-corrected chi connectivity index (χ3v) is 4.91. The SMILES string of the molecule is CCCCOC(=O)C1=C(O)c2ccc3ccccc3c2SN1C. The van der Waals surface area contributed by atoms with Gasteiger partial charge in [-0.2, -0.15) is 0 Å². The zero-order valence-corrected chi connectivity index (χ0v) is 14.0. The highest BCUT2D eigenvalue weighted by Gasteiger charge is 2.30. The number of likely N-dealkylation sites (N-methyl/N-ethyl adjacent to an activating group) is 1. The van der Waals surface area contributed by atoms with Crippen LogP contribution >= 0.6 is 11.9 Å². The molecule has 0 spiro atoms. The van der Waals surface area contributed by atoms with Gasteiger partial charge in [0.1, 0.15) is 0 Å². The first kappa shape index (κ1) is 15.7. The van der Waals surface area contributed by atoms with Crippen LogP contribution in [0.25, 0.3) is 16.5 Å². The zero-order valence-electron chi connectivity index (χ0n) is 13.2. The molecule has 2 aromatic carbocycles. The summed E-state index contributed by atoms with van der Waals surface area (Å²) in [6.45, 7) is 2.41. The molecule has 23 heavy (non-hydrogen) atoms. The predicted octanol–water partition coefficient (Wildman–Crippen LogP) is 4.36. The molecule has 2 aromatic rings. The Kier molecular flexibility index (Phi) is 4.48. The van der Waals surface area contributed by atoms with Gasteiger partial charge < -0.3 is 14.1 Å². The lowest BCUT2D eigenvalue weighted by Crippen LogP contribution is -2.24. The van der Waals surface area contributed by atoms with E-state index in [1.807, 2.05) is 43.3 Å². The fourth-order valence-corrected chi connectivity index (χ4v) is 3.66. The van der Waals surface area contributed by atoms with Crippen LogP contribution < -0.4 is 0 Å². The standard InChI is InChI=1S/C18H19NO3S/c1-3-4-11-22-18(21)15-16(20)14-10-9-12-7-5-6-8-13(12)17(14)23-19(15)2/h5-10,20H,3-4,11H2,1-2H3. The Morgan fingerprint density at radius 3 is 2.83 bits per heavy atom. The van der Waals surface area contributed by atoms with Crippen molar-refractivity contribution in [1.82, 2.24) is 4.31 Å². The molecular weight excluding hydrogens is 310 g/mol. The molecule has 4 nitrogen and oxygen atoms in total. The van der Waals surface area contributed by atoms with Crippen molar-refractivity contribution in [3.8, 4) is 0 Å². The van der Waals surface area contributed by atoms with Gasteiger partial charge in [-0.15, -0.1) is 0 Å². The number of carbonyl (C=O) groups excluding carboxylic acids is 1. The van der Waals surface area contributed by atoms with E-state index in [2.05, 4.69) is 0 Å². The van der Waals surface area contributed by atoms with Crippen LogP contribution in [0, 0.1) is 0 Å². The Bertz CT molecular complexity index is 785. The molecule has 0 saturated carbocycles. The highest BCUT2D eigenvalue weighted by Crippen LogP contribution is 2.42. The summed E-state index contributed by atoms with van der Waals surface area (Å²) >= 11 is 1.44. The summed E-state index contributed by atoms with van der Waals surface area (Å²) in [4.78, 5) is 13.2. The summed E-state index contributed by atoms with van der Waals surface area (Å²) < 4.78 is 6.93. The van der Waals surface area contributed by atoms with Gasteiger partial charge in [-0.05, 0) is 35.2 Å². The van der Waals surface area contributed by atoms with Gasteiger partial charge in [-0.3, -0.25) is 0 Å². The number of hydrogen-bond acceptors (Lipinski definition) is 5. The maximum absolute atomic E-state index is 12.3. The molecule has 1 aliphatic rings. The number of aliphatic hydroxyl groups excluding tert-OH is 1. The number of nitrogens with zero attached hydrogens (tertiary/aromatic N) is 1. The van der Waals surface area contributed by atoms with Crippen LogP contribution in [-0.4, -0.2) is 29.0 Å². The second kappa shape index (κ2) is 6.54. The quantitative estimate of drug-likeness (QED) is 0.513. The first-order valence-corrected chi connectivity index (χ1v) is 8.45. The lowest BCUT2D eigenvalue weighted by atomic mass is 10.0. The van der Waals surface area contributed by atoms with Crippen LogP contribution in [-0.2, 0) is 9.53 Å². The summed E-state index contributed by atoms with van der Waals surface area (Å²) in [6.07, 6.45) is 1.77. The number of fused-ring (bicyclic) bond motifs is 3. The fourth-order valence-electron chi connectivity index (χ4n) is 2.59. The first-order valence-electron chi connectivity index (χ1n) is 7.67. The maximum Gasteiger partial charge on any atom is 0.359 e. The number of rotatable bonds is 4. The van der Waals surface area contributed by atoms with Crippen LogP contribution in [0.1, 0.15) is 25.3 Å². The van der Waals surface area contributed by atoms with Gasteiger partial charge in [-0.1, -0.05) is 43.7 Å². The van der Waals surface area contributed by atoms with E-state index < -0.39 is 5.97 Å². The fraction of sp³-hybridized carbons (Fsp3) is 0.278. The van der Waals surface area contributed by atoms with Gasteiger partial charge in [0.25, 0.3) is 0 Å². The van der Waals surface area contributed by atoms with E-state index in [-0.39, 0.29) is 11.5 Å². The molecular formula is C18H19NO3S. The second-order valence-electron chi connectivity index (χ2n) is 5.44. The molecule has 1 aliphatic heterocycles. The maximum atomic E-state index is 12.3. The highest BCUT2D eigenvalue weighted by atomic mass is 32.2. The highest BCUT2D eigenvalue weighted by molar-refractivity contribution is 7.97. The van der Waals surface area contributed by atoms with Crippen LogP contribution in [0.4, 0.5) is 0 Å². The van der Waals surface area contributed by atoms with E-state index >= 15 is 0 Å². The molecule has 1 N–H and O–H groups in total. The zero-order chi connectivity index (χ0) is 16.4. The van der Waals surface area contributed by atoms with Crippen molar-refractivity contribution in [3.05, 3.63) is 47.7 Å². The van der Waals surface area contributed by atoms with Crippen molar-refractivity contribution in [3.63, 3.8) is 0 Å². The van der Waals surface area contributed by atoms with Crippen molar-refractivity contribution >= 4 is 34.4 Å². The number of hydrogen-bond donors (Lipinski definition) is 1. The molecule has 0 saturated heterocycles. The van der Waals surface area contributed by atoms with Crippen LogP contribution in [0.15, 0.2) is 47.0 Å². The Morgan fingerprint density at radius 2 is 2.04 bits per heavy atom. The van der Waals surface area contributed by atoms with Crippen molar-refractivity contribution in [2.75, 3.05) is 13.7 Å². The molecule has 0 amide bonds. The summed E-state index contributed by atoms with van der Waals surface area (Å²) in [5.41, 5.74) is 0.878. The average molecular weight is 329 g/mol. The van der Waals surface area contributed by atoms with E-state index in [1.54, 1.807) is 11.4 Å².